The Morgan fingerprint density at radius 3 is 2.68 bits per heavy atom. The highest BCUT2D eigenvalue weighted by atomic mass is 79.9. The standard InChI is InChI=1S/C14H16BrN3O/c15-11-2-4-12(5-3-11)17-14(19)10-18(9-1-8-16)13-6-7-13/h2-5,13H,1,6-7,9-10H2,(H,17,19). The number of hydrogen-bond acceptors (Lipinski definition) is 3. The summed E-state index contributed by atoms with van der Waals surface area (Å²) in [6.45, 7) is 1.04. The Bertz CT molecular complexity index is 476. The average molecular weight is 322 g/mol. The Kier molecular flexibility index (Phi) is 4.94. The van der Waals surface area contributed by atoms with Crippen LogP contribution in [0.25, 0.3) is 0 Å². The number of carbonyl (C=O) groups is 1. The Balaban J connectivity index is 1.85. The highest BCUT2D eigenvalue weighted by Crippen LogP contribution is 2.26. The molecule has 1 aromatic carbocycles. The van der Waals surface area contributed by atoms with Gasteiger partial charge in [-0.3, -0.25) is 9.69 Å². The maximum atomic E-state index is 12.0. The highest BCUT2D eigenvalue weighted by Gasteiger charge is 2.29. The number of anilines is 1. The molecule has 1 N–H and O–H groups in total. The van der Waals surface area contributed by atoms with E-state index in [0.717, 1.165) is 23.0 Å². The Hall–Kier alpha value is -1.38. The Morgan fingerprint density at radius 1 is 1.42 bits per heavy atom. The zero-order valence-electron chi connectivity index (χ0n) is 10.6. The van der Waals surface area contributed by atoms with Crippen molar-refractivity contribution in [3.05, 3.63) is 28.7 Å². The smallest absolute Gasteiger partial charge is 0.238 e. The second-order valence-corrected chi connectivity index (χ2v) is 5.58. The molecule has 1 fully saturated rings. The SMILES string of the molecule is N#CCCN(CC(=O)Nc1ccc(Br)cc1)C1CC1. The fourth-order valence-corrected chi connectivity index (χ4v) is 2.21. The van der Waals surface area contributed by atoms with Gasteiger partial charge in [-0.1, -0.05) is 15.9 Å². The third-order valence-corrected chi connectivity index (χ3v) is 3.58. The van der Waals surface area contributed by atoms with E-state index in [0.29, 0.717) is 25.6 Å². The van der Waals surface area contributed by atoms with Gasteiger partial charge in [-0.2, -0.15) is 5.26 Å². The first-order valence-electron chi connectivity index (χ1n) is 6.35. The number of halogens is 1. The van der Waals surface area contributed by atoms with E-state index >= 15 is 0 Å². The molecule has 2 rings (SSSR count). The van der Waals surface area contributed by atoms with Crippen molar-refractivity contribution in [2.24, 2.45) is 0 Å². The van der Waals surface area contributed by atoms with E-state index in [1.54, 1.807) is 0 Å². The second-order valence-electron chi connectivity index (χ2n) is 4.66. The first kappa shape index (κ1) is 14.0. The minimum Gasteiger partial charge on any atom is -0.325 e. The number of nitrogens with zero attached hydrogens (tertiary/aromatic N) is 2. The zero-order valence-corrected chi connectivity index (χ0v) is 12.2. The molecule has 19 heavy (non-hydrogen) atoms. The van der Waals surface area contributed by atoms with E-state index < -0.39 is 0 Å². The first-order chi connectivity index (χ1) is 9.19. The molecule has 0 aromatic heterocycles. The van der Waals surface area contributed by atoms with Gasteiger partial charge in [-0.25, -0.2) is 0 Å². The number of nitriles is 1. The molecule has 0 aliphatic heterocycles. The largest absolute Gasteiger partial charge is 0.325 e. The molecule has 0 radical (unpaired) electrons. The summed E-state index contributed by atoms with van der Waals surface area (Å²) in [5, 5.41) is 11.5. The number of carbonyl (C=O) groups excluding carboxylic acids is 1. The molecule has 0 bridgehead atoms. The normalized spacial score (nSPS) is 14.2. The molecule has 4 nitrogen and oxygen atoms in total. The van der Waals surface area contributed by atoms with Crippen LogP contribution in [0, 0.1) is 11.3 Å². The average Bonchev–Trinajstić information content (AvgIpc) is 3.21. The zero-order chi connectivity index (χ0) is 13.7. The fraction of sp³-hybridized carbons (Fsp3) is 0.429. The van der Waals surface area contributed by atoms with Gasteiger partial charge in [0.15, 0.2) is 0 Å². The van der Waals surface area contributed by atoms with Gasteiger partial charge in [0.05, 0.1) is 12.6 Å². The molecule has 0 spiro atoms. The van der Waals surface area contributed by atoms with Gasteiger partial charge >= 0.3 is 0 Å². The van der Waals surface area contributed by atoms with Gasteiger partial charge in [0.25, 0.3) is 0 Å². The predicted octanol–water partition coefficient (Wildman–Crippen LogP) is 2.77. The number of amides is 1. The van der Waals surface area contributed by atoms with Crippen molar-refractivity contribution in [3.63, 3.8) is 0 Å². The summed E-state index contributed by atoms with van der Waals surface area (Å²) >= 11 is 3.36. The lowest BCUT2D eigenvalue weighted by Gasteiger charge is -2.19. The number of nitrogens with one attached hydrogen (secondary N) is 1. The summed E-state index contributed by atoms with van der Waals surface area (Å²) in [6, 6.07) is 10.1. The molecule has 0 atom stereocenters. The van der Waals surface area contributed by atoms with E-state index in [4.69, 9.17) is 5.26 Å². The maximum absolute atomic E-state index is 12.0. The van der Waals surface area contributed by atoms with Crippen LogP contribution in [0.4, 0.5) is 5.69 Å². The molecule has 1 amide bonds. The van der Waals surface area contributed by atoms with E-state index in [9.17, 15) is 4.79 Å². The Labute approximate surface area is 121 Å². The molecule has 0 saturated heterocycles. The van der Waals surface area contributed by atoms with Gasteiger partial charge in [-0.15, -0.1) is 0 Å². The van der Waals surface area contributed by atoms with Crippen molar-refractivity contribution in [1.29, 1.82) is 5.26 Å². The maximum Gasteiger partial charge on any atom is 0.238 e. The first-order valence-corrected chi connectivity index (χ1v) is 7.15. The number of hydrogen-bond donors (Lipinski definition) is 1. The molecule has 1 aliphatic rings. The fourth-order valence-electron chi connectivity index (χ4n) is 1.94. The molecular weight excluding hydrogens is 306 g/mol. The van der Waals surface area contributed by atoms with Crippen LogP contribution in [-0.4, -0.2) is 29.9 Å². The molecule has 1 aliphatic carbocycles. The predicted molar refractivity (Wildman–Crippen MR) is 77.6 cm³/mol. The molecule has 5 heteroatoms. The van der Waals surface area contributed by atoms with Crippen molar-refractivity contribution >= 4 is 27.5 Å². The highest BCUT2D eigenvalue weighted by molar-refractivity contribution is 9.10. The van der Waals surface area contributed by atoms with Crippen LogP contribution in [0.2, 0.25) is 0 Å². The van der Waals surface area contributed by atoms with Gasteiger partial charge in [0, 0.05) is 29.2 Å². The summed E-state index contributed by atoms with van der Waals surface area (Å²) < 4.78 is 0.985. The summed E-state index contributed by atoms with van der Waals surface area (Å²) in [5.74, 6) is -0.0211. The topological polar surface area (TPSA) is 56.1 Å². The molecular formula is C14H16BrN3O. The molecule has 1 saturated carbocycles. The third kappa shape index (κ3) is 4.66. The van der Waals surface area contributed by atoms with Crippen LogP contribution in [-0.2, 0) is 4.79 Å². The number of rotatable bonds is 6. The summed E-state index contributed by atoms with van der Waals surface area (Å²) in [6.07, 6.45) is 2.75. The lowest BCUT2D eigenvalue weighted by atomic mass is 10.3. The Morgan fingerprint density at radius 2 is 2.11 bits per heavy atom. The second kappa shape index (κ2) is 6.69. The van der Waals surface area contributed by atoms with Gasteiger partial charge in [0.1, 0.15) is 0 Å². The van der Waals surface area contributed by atoms with Crippen LogP contribution in [0.15, 0.2) is 28.7 Å². The summed E-state index contributed by atoms with van der Waals surface area (Å²) in [5.41, 5.74) is 0.796. The van der Waals surface area contributed by atoms with Crippen LogP contribution in [0.1, 0.15) is 19.3 Å². The van der Waals surface area contributed by atoms with E-state index in [1.165, 1.54) is 0 Å². The van der Waals surface area contributed by atoms with Crippen LogP contribution >= 0.6 is 15.9 Å². The van der Waals surface area contributed by atoms with Crippen LogP contribution in [0.3, 0.4) is 0 Å². The van der Waals surface area contributed by atoms with Gasteiger partial charge in [-0.05, 0) is 37.1 Å². The van der Waals surface area contributed by atoms with Crippen molar-refractivity contribution in [3.8, 4) is 6.07 Å². The monoisotopic (exact) mass is 321 g/mol. The van der Waals surface area contributed by atoms with Crippen molar-refractivity contribution < 1.29 is 4.79 Å². The summed E-state index contributed by atoms with van der Waals surface area (Å²) in [4.78, 5) is 14.1. The molecule has 0 unspecified atom stereocenters. The van der Waals surface area contributed by atoms with Crippen LogP contribution in [0.5, 0.6) is 0 Å². The summed E-state index contributed by atoms with van der Waals surface area (Å²) in [7, 11) is 0. The lowest BCUT2D eigenvalue weighted by Crippen LogP contribution is -2.35. The molecule has 1 aromatic rings. The minimum atomic E-state index is -0.0211. The molecule has 100 valence electrons. The van der Waals surface area contributed by atoms with E-state index in [2.05, 4.69) is 32.2 Å². The van der Waals surface area contributed by atoms with Crippen molar-refractivity contribution in [2.75, 3.05) is 18.4 Å². The van der Waals surface area contributed by atoms with E-state index in [1.807, 2.05) is 24.3 Å². The van der Waals surface area contributed by atoms with Crippen LogP contribution < -0.4 is 5.32 Å². The third-order valence-electron chi connectivity index (χ3n) is 3.05. The van der Waals surface area contributed by atoms with Crippen molar-refractivity contribution in [2.45, 2.75) is 25.3 Å². The van der Waals surface area contributed by atoms with Gasteiger partial charge < -0.3 is 5.32 Å². The lowest BCUT2D eigenvalue weighted by molar-refractivity contribution is -0.117. The van der Waals surface area contributed by atoms with Crippen molar-refractivity contribution in [1.82, 2.24) is 4.90 Å². The quantitative estimate of drug-likeness (QED) is 0.876. The van der Waals surface area contributed by atoms with Gasteiger partial charge in [0.2, 0.25) is 5.91 Å². The number of benzene rings is 1. The van der Waals surface area contributed by atoms with E-state index in [-0.39, 0.29) is 5.91 Å². The minimum absolute atomic E-state index is 0.0211. The molecule has 0 heterocycles.